The van der Waals surface area contributed by atoms with Crippen molar-refractivity contribution in [2.45, 2.75) is 56.9 Å². The van der Waals surface area contributed by atoms with Crippen LogP contribution in [-0.2, 0) is 15.9 Å². The molecule has 1 N–H and O–H groups in total. The molecule has 5 rings (SSSR count). The first kappa shape index (κ1) is 20.9. The van der Waals surface area contributed by atoms with Gasteiger partial charge < -0.3 is 19.1 Å². The average molecular weight is 433 g/mol. The van der Waals surface area contributed by atoms with Gasteiger partial charge in [-0.3, -0.25) is 4.99 Å². The molecule has 0 bridgehead atoms. The lowest BCUT2D eigenvalue weighted by molar-refractivity contribution is -0.0456. The maximum Gasteiger partial charge on any atom is 0.248 e. The van der Waals surface area contributed by atoms with Crippen molar-refractivity contribution in [3.8, 4) is 5.88 Å². The van der Waals surface area contributed by atoms with Crippen LogP contribution in [-0.4, -0.2) is 54.3 Å². The third-order valence-corrected chi connectivity index (χ3v) is 7.02. The molecule has 0 spiro atoms. The molecule has 1 saturated carbocycles. The number of fused-ring (bicyclic) bond motifs is 1. The monoisotopic (exact) mass is 432 g/mol. The van der Waals surface area contributed by atoms with Crippen LogP contribution >= 0.6 is 0 Å². The number of alkyl halides is 2. The van der Waals surface area contributed by atoms with Crippen molar-refractivity contribution in [3.05, 3.63) is 29.3 Å². The fraction of sp³-hybridized carbons (Fsp3) is 0.625. The highest BCUT2D eigenvalue weighted by atomic mass is 19.3. The number of hydrogen-bond acceptors (Lipinski definition) is 4. The molecule has 2 fully saturated rings. The molecule has 0 unspecified atom stereocenters. The standard InChI is InChI=1S/C24H30F2N2O3/c25-24(26)7-3-16(4-8-24)13-17-1-2-21-19(14-17)22(20-15-31-12-9-27-20)23(29)28(21)18-5-10-30-11-6-18/h1-2,14,16,18,29H,3-13,15H2. The van der Waals surface area contributed by atoms with Gasteiger partial charge in [0.2, 0.25) is 11.8 Å². The van der Waals surface area contributed by atoms with Gasteiger partial charge in [0.05, 0.1) is 36.6 Å². The van der Waals surface area contributed by atoms with E-state index in [0.29, 0.717) is 45.8 Å². The van der Waals surface area contributed by atoms with Crippen LogP contribution in [0.4, 0.5) is 8.78 Å². The normalized spacial score (nSPS) is 23.2. The second kappa shape index (κ2) is 8.51. The summed E-state index contributed by atoms with van der Waals surface area (Å²) in [6.07, 6.45) is 3.60. The molecule has 1 aromatic carbocycles. The van der Waals surface area contributed by atoms with Gasteiger partial charge in [0.25, 0.3) is 0 Å². The molecule has 1 aromatic heterocycles. The fourth-order valence-electron chi connectivity index (χ4n) is 5.32. The van der Waals surface area contributed by atoms with Crippen LogP contribution in [0.5, 0.6) is 5.88 Å². The molecular formula is C24H30F2N2O3. The van der Waals surface area contributed by atoms with E-state index in [9.17, 15) is 13.9 Å². The van der Waals surface area contributed by atoms with E-state index in [1.165, 1.54) is 0 Å². The van der Waals surface area contributed by atoms with Crippen molar-refractivity contribution in [2.24, 2.45) is 10.9 Å². The Labute approximate surface area is 181 Å². The molecule has 5 nitrogen and oxygen atoms in total. The second-order valence-electron chi connectivity index (χ2n) is 9.15. The van der Waals surface area contributed by atoms with Crippen molar-refractivity contribution >= 4 is 16.6 Å². The number of nitrogens with zero attached hydrogens (tertiary/aromatic N) is 2. The van der Waals surface area contributed by atoms with Gasteiger partial charge >= 0.3 is 0 Å². The Kier molecular flexibility index (Phi) is 5.73. The summed E-state index contributed by atoms with van der Waals surface area (Å²) in [5.74, 6) is -1.97. The Bertz CT molecular complexity index is 969. The van der Waals surface area contributed by atoms with Crippen LogP contribution in [0.1, 0.15) is 55.7 Å². The Morgan fingerprint density at radius 3 is 2.55 bits per heavy atom. The Morgan fingerprint density at radius 1 is 1.06 bits per heavy atom. The topological polar surface area (TPSA) is 56.0 Å². The number of ether oxygens (including phenoxy) is 2. The largest absolute Gasteiger partial charge is 0.494 e. The average Bonchev–Trinajstić information content (AvgIpc) is 3.07. The molecule has 3 heterocycles. The van der Waals surface area contributed by atoms with Crippen molar-refractivity contribution in [3.63, 3.8) is 0 Å². The molecule has 0 amide bonds. The minimum absolute atomic E-state index is 0.0137. The van der Waals surface area contributed by atoms with Crippen LogP contribution < -0.4 is 0 Å². The van der Waals surface area contributed by atoms with Gasteiger partial charge in [-0.05, 0) is 55.7 Å². The van der Waals surface area contributed by atoms with Crippen molar-refractivity contribution in [1.82, 2.24) is 4.57 Å². The lowest BCUT2D eigenvalue weighted by atomic mass is 9.83. The highest BCUT2D eigenvalue weighted by molar-refractivity contribution is 6.14. The minimum atomic E-state index is -2.50. The first-order valence-electron chi connectivity index (χ1n) is 11.4. The number of aromatic hydroxyl groups is 1. The van der Waals surface area contributed by atoms with Crippen LogP contribution in [0.2, 0.25) is 0 Å². The molecule has 1 aliphatic carbocycles. The molecule has 2 aromatic rings. The van der Waals surface area contributed by atoms with Gasteiger partial charge in [0, 0.05) is 37.5 Å². The maximum atomic E-state index is 13.5. The third-order valence-electron chi connectivity index (χ3n) is 7.02. The SMILES string of the molecule is Oc1c(C2=NCCOC2)c2cc(CC3CCC(F)(F)CC3)ccc2n1C1CCOCC1. The van der Waals surface area contributed by atoms with Crippen LogP contribution in [0.15, 0.2) is 23.2 Å². The number of aliphatic imine (C=N–C) groups is 1. The van der Waals surface area contributed by atoms with Crippen LogP contribution in [0.25, 0.3) is 10.9 Å². The fourth-order valence-corrected chi connectivity index (χ4v) is 5.32. The molecule has 168 valence electrons. The molecule has 7 heteroatoms. The lowest BCUT2D eigenvalue weighted by Gasteiger charge is -2.28. The van der Waals surface area contributed by atoms with E-state index >= 15 is 0 Å². The number of hydrogen-bond donors (Lipinski definition) is 1. The van der Waals surface area contributed by atoms with Crippen molar-refractivity contribution in [2.75, 3.05) is 33.0 Å². The quantitative estimate of drug-likeness (QED) is 0.749. The zero-order valence-corrected chi connectivity index (χ0v) is 17.8. The maximum absolute atomic E-state index is 13.5. The summed E-state index contributed by atoms with van der Waals surface area (Å²) in [4.78, 5) is 4.64. The van der Waals surface area contributed by atoms with E-state index in [2.05, 4.69) is 23.2 Å². The number of rotatable bonds is 4. The summed E-state index contributed by atoms with van der Waals surface area (Å²) in [6, 6.07) is 6.48. The molecular weight excluding hydrogens is 402 g/mol. The van der Waals surface area contributed by atoms with E-state index in [1.54, 1.807) is 0 Å². The van der Waals surface area contributed by atoms with Gasteiger partial charge in [-0.1, -0.05) is 6.07 Å². The van der Waals surface area contributed by atoms with E-state index in [4.69, 9.17) is 9.47 Å². The van der Waals surface area contributed by atoms with E-state index in [0.717, 1.165) is 47.0 Å². The third kappa shape index (κ3) is 4.22. The summed E-state index contributed by atoms with van der Waals surface area (Å²) in [6.45, 7) is 2.96. The Hall–Kier alpha value is -1.99. The van der Waals surface area contributed by atoms with Gasteiger partial charge in [-0.2, -0.15) is 0 Å². The highest BCUT2D eigenvalue weighted by Gasteiger charge is 2.35. The van der Waals surface area contributed by atoms with Gasteiger partial charge in [0.15, 0.2) is 0 Å². The number of aromatic nitrogens is 1. The molecule has 0 radical (unpaired) electrons. The van der Waals surface area contributed by atoms with Crippen LogP contribution in [0.3, 0.4) is 0 Å². The lowest BCUT2D eigenvalue weighted by Crippen LogP contribution is -2.25. The van der Waals surface area contributed by atoms with E-state index in [-0.39, 0.29) is 30.7 Å². The predicted molar refractivity (Wildman–Crippen MR) is 116 cm³/mol. The predicted octanol–water partition coefficient (Wildman–Crippen LogP) is 4.89. The number of halogens is 2. The zero-order valence-electron chi connectivity index (χ0n) is 17.8. The summed E-state index contributed by atoms with van der Waals surface area (Å²) >= 11 is 0. The molecule has 3 aliphatic rings. The smallest absolute Gasteiger partial charge is 0.248 e. The Balaban J connectivity index is 1.52. The molecule has 31 heavy (non-hydrogen) atoms. The second-order valence-corrected chi connectivity index (χ2v) is 9.15. The molecule has 0 atom stereocenters. The van der Waals surface area contributed by atoms with Gasteiger partial charge in [-0.15, -0.1) is 0 Å². The summed E-state index contributed by atoms with van der Waals surface area (Å²) in [5, 5.41) is 12.3. The molecule has 1 saturated heterocycles. The van der Waals surface area contributed by atoms with Gasteiger partial charge in [-0.25, -0.2) is 8.78 Å². The first-order valence-corrected chi connectivity index (χ1v) is 11.4. The van der Waals surface area contributed by atoms with E-state index < -0.39 is 5.92 Å². The Morgan fingerprint density at radius 2 is 1.84 bits per heavy atom. The first-order chi connectivity index (χ1) is 15.0. The number of benzene rings is 1. The summed E-state index contributed by atoms with van der Waals surface area (Å²) in [7, 11) is 0. The summed E-state index contributed by atoms with van der Waals surface area (Å²) in [5.41, 5.74) is 3.67. The van der Waals surface area contributed by atoms with Gasteiger partial charge in [0.1, 0.15) is 0 Å². The van der Waals surface area contributed by atoms with Crippen LogP contribution in [0, 0.1) is 5.92 Å². The molecule has 2 aliphatic heterocycles. The highest BCUT2D eigenvalue weighted by Crippen LogP contribution is 2.40. The minimum Gasteiger partial charge on any atom is -0.494 e. The summed E-state index contributed by atoms with van der Waals surface area (Å²) < 4.78 is 40.3. The van der Waals surface area contributed by atoms with E-state index in [1.807, 2.05) is 4.57 Å². The van der Waals surface area contributed by atoms with Crippen molar-refractivity contribution in [1.29, 1.82) is 0 Å². The van der Waals surface area contributed by atoms with Crippen molar-refractivity contribution < 1.29 is 23.4 Å². The zero-order chi connectivity index (χ0) is 21.4.